The Morgan fingerprint density at radius 1 is 1.08 bits per heavy atom. The van der Waals surface area contributed by atoms with Crippen LogP contribution in [0.15, 0.2) is 12.4 Å². The lowest BCUT2D eigenvalue weighted by Gasteiger charge is -2.40. The molecule has 1 unspecified atom stereocenters. The highest BCUT2D eigenvalue weighted by Gasteiger charge is 2.36. The Labute approximate surface area is 145 Å². The molecule has 5 nitrogen and oxygen atoms in total. The van der Waals surface area contributed by atoms with Gasteiger partial charge in [0.2, 0.25) is 0 Å². The summed E-state index contributed by atoms with van der Waals surface area (Å²) in [6.45, 7) is 6.53. The van der Waals surface area contributed by atoms with E-state index in [-0.39, 0.29) is 0 Å². The Hall–Kier alpha value is -1.20. The molecular weight excluding hydrogens is 300 g/mol. The largest absolute Gasteiger partial charge is 0.377 e. The lowest BCUT2D eigenvalue weighted by atomic mass is 10.0. The van der Waals surface area contributed by atoms with Crippen molar-refractivity contribution in [1.29, 1.82) is 0 Å². The van der Waals surface area contributed by atoms with E-state index in [1.807, 2.05) is 0 Å². The molecule has 4 rings (SSSR count). The lowest BCUT2D eigenvalue weighted by molar-refractivity contribution is -0.00953. The first kappa shape index (κ1) is 16.3. The third-order valence-electron chi connectivity index (χ3n) is 5.68. The second-order valence-corrected chi connectivity index (χ2v) is 7.68. The van der Waals surface area contributed by atoms with Gasteiger partial charge in [-0.05, 0) is 51.9 Å². The fraction of sp³-hybridized carbons (Fsp3) is 0.789. The van der Waals surface area contributed by atoms with Crippen molar-refractivity contribution in [3.05, 3.63) is 18.1 Å². The number of hydrogen-bond acceptors (Lipinski definition) is 5. The van der Waals surface area contributed by atoms with E-state index < -0.39 is 0 Å². The summed E-state index contributed by atoms with van der Waals surface area (Å²) in [6.07, 6.45) is 11.1. The van der Waals surface area contributed by atoms with Gasteiger partial charge in [-0.3, -0.25) is 0 Å². The van der Waals surface area contributed by atoms with Gasteiger partial charge in [0.05, 0.1) is 6.10 Å². The van der Waals surface area contributed by atoms with E-state index in [4.69, 9.17) is 4.74 Å². The van der Waals surface area contributed by atoms with E-state index >= 15 is 0 Å². The van der Waals surface area contributed by atoms with E-state index in [0.29, 0.717) is 18.2 Å². The number of ether oxygens (including phenoxy) is 1. The second kappa shape index (κ2) is 7.36. The predicted octanol–water partition coefficient (Wildman–Crippen LogP) is 2.79. The van der Waals surface area contributed by atoms with Gasteiger partial charge in [0, 0.05) is 50.1 Å². The third kappa shape index (κ3) is 3.89. The minimum absolute atomic E-state index is 0.472. The van der Waals surface area contributed by atoms with E-state index in [1.165, 1.54) is 58.0 Å². The highest BCUT2D eigenvalue weighted by molar-refractivity contribution is 5.43. The molecule has 2 aliphatic heterocycles. The normalized spacial score (nSPS) is 26.5. The highest BCUT2D eigenvalue weighted by atomic mass is 16.5. The summed E-state index contributed by atoms with van der Waals surface area (Å²) in [4.78, 5) is 14.0. The van der Waals surface area contributed by atoms with Crippen LogP contribution in [0.3, 0.4) is 0 Å². The molecule has 24 heavy (non-hydrogen) atoms. The summed E-state index contributed by atoms with van der Waals surface area (Å²) in [5.74, 6) is 1.14. The van der Waals surface area contributed by atoms with Crippen molar-refractivity contribution < 1.29 is 4.74 Å². The maximum atomic E-state index is 5.92. The number of piperidine rings is 1. The smallest absolute Gasteiger partial charge is 0.132 e. The zero-order valence-electron chi connectivity index (χ0n) is 14.9. The van der Waals surface area contributed by atoms with Crippen LogP contribution in [0.1, 0.15) is 50.6 Å². The van der Waals surface area contributed by atoms with Gasteiger partial charge in [-0.1, -0.05) is 0 Å². The number of likely N-dealkylation sites (tertiary alicyclic amines) is 1. The van der Waals surface area contributed by atoms with E-state index in [2.05, 4.69) is 32.8 Å². The molecule has 1 aliphatic carbocycles. The molecule has 5 heteroatoms. The second-order valence-electron chi connectivity index (χ2n) is 7.68. The van der Waals surface area contributed by atoms with Crippen LogP contribution >= 0.6 is 0 Å². The van der Waals surface area contributed by atoms with Gasteiger partial charge in [0.25, 0.3) is 0 Å². The van der Waals surface area contributed by atoms with Crippen molar-refractivity contribution in [1.82, 2.24) is 14.9 Å². The molecule has 1 aromatic rings. The van der Waals surface area contributed by atoms with Crippen molar-refractivity contribution in [2.45, 2.75) is 70.1 Å². The Morgan fingerprint density at radius 3 is 2.54 bits per heavy atom. The SMILES string of the molecule is Cc1cc(N(C2CC2)C2CCN(CC3CCCCO3)CC2)ncn1. The van der Waals surface area contributed by atoms with Crippen LogP contribution in [0.25, 0.3) is 0 Å². The van der Waals surface area contributed by atoms with Gasteiger partial charge in [-0.15, -0.1) is 0 Å². The number of nitrogens with zero attached hydrogens (tertiary/aromatic N) is 4. The summed E-state index contributed by atoms with van der Waals surface area (Å²) in [7, 11) is 0. The quantitative estimate of drug-likeness (QED) is 0.830. The van der Waals surface area contributed by atoms with Crippen molar-refractivity contribution in [3.8, 4) is 0 Å². The number of anilines is 1. The zero-order valence-corrected chi connectivity index (χ0v) is 14.9. The summed E-state index contributed by atoms with van der Waals surface area (Å²) >= 11 is 0. The van der Waals surface area contributed by atoms with Gasteiger partial charge in [-0.2, -0.15) is 0 Å². The molecule has 0 spiro atoms. The maximum absolute atomic E-state index is 5.92. The van der Waals surface area contributed by atoms with Gasteiger partial charge < -0.3 is 14.5 Å². The molecule has 2 saturated heterocycles. The highest BCUT2D eigenvalue weighted by Crippen LogP contribution is 2.35. The van der Waals surface area contributed by atoms with Crippen molar-refractivity contribution in [3.63, 3.8) is 0 Å². The molecule has 0 bridgehead atoms. The number of hydrogen-bond donors (Lipinski definition) is 0. The van der Waals surface area contributed by atoms with Crippen molar-refractivity contribution in [2.24, 2.45) is 0 Å². The molecule has 3 aliphatic rings. The fourth-order valence-corrected chi connectivity index (χ4v) is 4.23. The first-order valence-electron chi connectivity index (χ1n) is 9.70. The van der Waals surface area contributed by atoms with Gasteiger partial charge in [-0.25, -0.2) is 9.97 Å². The molecule has 1 saturated carbocycles. The van der Waals surface area contributed by atoms with E-state index in [1.54, 1.807) is 6.33 Å². The molecule has 0 N–H and O–H groups in total. The average molecular weight is 330 g/mol. The minimum atomic E-state index is 0.472. The molecule has 132 valence electrons. The predicted molar refractivity (Wildman–Crippen MR) is 95.3 cm³/mol. The molecule has 3 heterocycles. The van der Waals surface area contributed by atoms with Crippen LogP contribution in [-0.2, 0) is 4.74 Å². The first-order chi connectivity index (χ1) is 11.8. The zero-order chi connectivity index (χ0) is 16.4. The summed E-state index contributed by atoms with van der Waals surface area (Å²) in [5.41, 5.74) is 1.07. The van der Waals surface area contributed by atoms with Gasteiger partial charge in [0.1, 0.15) is 12.1 Å². The number of aromatic nitrogens is 2. The molecule has 0 aromatic carbocycles. The Kier molecular flexibility index (Phi) is 4.99. The number of rotatable bonds is 5. The van der Waals surface area contributed by atoms with Crippen LogP contribution in [0.5, 0.6) is 0 Å². The van der Waals surface area contributed by atoms with Gasteiger partial charge >= 0.3 is 0 Å². The molecule has 3 fully saturated rings. The molecule has 0 amide bonds. The van der Waals surface area contributed by atoms with Crippen molar-refractivity contribution in [2.75, 3.05) is 31.1 Å². The van der Waals surface area contributed by atoms with E-state index in [0.717, 1.165) is 24.7 Å². The van der Waals surface area contributed by atoms with Crippen LogP contribution in [0.2, 0.25) is 0 Å². The van der Waals surface area contributed by atoms with Gasteiger partial charge in [0.15, 0.2) is 0 Å². The van der Waals surface area contributed by atoms with Crippen molar-refractivity contribution >= 4 is 5.82 Å². The maximum Gasteiger partial charge on any atom is 0.132 e. The summed E-state index contributed by atoms with van der Waals surface area (Å²) in [5, 5.41) is 0. The Balaban J connectivity index is 1.35. The fourth-order valence-electron chi connectivity index (χ4n) is 4.23. The summed E-state index contributed by atoms with van der Waals surface area (Å²) < 4.78 is 5.92. The number of aryl methyl sites for hydroxylation is 1. The minimum Gasteiger partial charge on any atom is -0.377 e. The molecule has 1 aromatic heterocycles. The molecular formula is C19H30N4O. The standard InChI is InChI=1S/C19H30N4O/c1-15-12-19(21-14-20-15)23(16-5-6-16)17-7-9-22(10-8-17)13-18-4-2-3-11-24-18/h12,14,16-18H,2-11,13H2,1H3. The van der Waals surface area contributed by atoms with Crippen LogP contribution < -0.4 is 4.90 Å². The Bertz CT molecular complexity index is 534. The monoisotopic (exact) mass is 330 g/mol. The first-order valence-corrected chi connectivity index (χ1v) is 9.70. The average Bonchev–Trinajstić information content (AvgIpc) is 3.43. The third-order valence-corrected chi connectivity index (χ3v) is 5.68. The molecule has 0 radical (unpaired) electrons. The van der Waals surface area contributed by atoms with Crippen LogP contribution in [0, 0.1) is 6.92 Å². The van der Waals surface area contributed by atoms with Crippen LogP contribution in [0.4, 0.5) is 5.82 Å². The molecule has 1 atom stereocenters. The topological polar surface area (TPSA) is 41.5 Å². The lowest BCUT2D eigenvalue weighted by Crippen LogP contribution is -2.48. The van der Waals surface area contributed by atoms with Crippen LogP contribution in [-0.4, -0.2) is 59.3 Å². The summed E-state index contributed by atoms with van der Waals surface area (Å²) in [6, 6.07) is 3.49. The van der Waals surface area contributed by atoms with E-state index in [9.17, 15) is 0 Å². The Morgan fingerprint density at radius 2 is 1.88 bits per heavy atom.